The molecule has 0 saturated carbocycles. The van der Waals surface area contributed by atoms with E-state index < -0.39 is 11.6 Å². The summed E-state index contributed by atoms with van der Waals surface area (Å²) in [6.45, 7) is 5.74. The van der Waals surface area contributed by atoms with Gasteiger partial charge in [0.25, 0.3) is 0 Å². The van der Waals surface area contributed by atoms with Gasteiger partial charge in [0.1, 0.15) is 22.9 Å². The van der Waals surface area contributed by atoms with Gasteiger partial charge in [-0.25, -0.2) is 19.2 Å². The molecule has 7 rings (SSSR count). The molecule has 0 amide bonds. The van der Waals surface area contributed by atoms with E-state index >= 15 is 0 Å². The minimum atomic E-state index is -0.941. The van der Waals surface area contributed by atoms with Gasteiger partial charge in [-0.15, -0.1) is 0 Å². The highest BCUT2D eigenvalue weighted by Crippen LogP contribution is 2.44. The summed E-state index contributed by atoms with van der Waals surface area (Å²) in [5.41, 5.74) is 3.36. The van der Waals surface area contributed by atoms with Gasteiger partial charge in [-0.05, 0) is 81.1 Å². The lowest BCUT2D eigenvalue weighted by atomic mass is 9.85. The molecule has 0 spiro atoms. The number of ether oxygens (including phenoxy) is 3. The number of hydrogen-bond acceptors (Lipinski definition) is 7. The molecule has 0 N–H and O–H groups in total. The summed E-state index contributed by atoms with van der Waals surface area (Å²) >= 11 is 6.02. The van der Waals surface area contributed by atoms with Crippen LogP contribution >= 0.6 is 11.6 Å². The SMILES string of the molecule is COC(=O)c1ccc2nc(CN3CCC(c4cccc5c4OC(C)(c4ccc(Cl)cc4F)C=C5)CC3)n(CC3CCO3)c2n1. The molecule has 3 aliphatic rings. The minimum Gasteiger partial charge on any atom is -0.478 e. The van der Waals surface area contributed by atoms with Crippen LogP contribution in [0.4, 0.5) is 4.39 Å². The van der Waals surface area contributed by atoms with E-state index in [9.17, 15) is 9.18 Å². The second-order valence-electron chi connectivity index (χ2n) is 11.9. The molecule has 3 aliphatic heterocycles. The molecule has 2 aromatic heterocycles. The summed E-state index contributed by atoms with van der Waals surface area (Å²) in [7, 11) is 1.36. The fourth-order valence-electron chi connectivity index (χ4n) is 6.49. The van der Waals surface area contributed by atoms with Crippen molar-refractivity contribution < 1.29 is 23.4 Å². The molecule has 2 unspecified atom stereocenters. The maximum Gasteiger partial charge on any atom is 0.356 e. The average Bonchev–Trinajstić information content (AvgIpc) is 3.34. The molecule has 2 aromatic carbocycles. The van der Waals surface area contributed by atoms with Gasteiger partial charge < -0.3 is 18.8 Å². The first-order chi connectivity index (χ1) is 21.3. The Morgan fingerprint density at radius 3 is 2.68 bits per heavy atom. The van der Waals surface area contributed by atoms with Crippen LogP contribution in [0.15, 0.2) is 54.6 Å². The van der Waals surface area contributed by atoms with Gasteiger partial charge in [0, 0.05) is 22.8 Å². The van der Waals surface area contributed by atoms with E-state index in [1.54, 1.807) is 18.2 Å². The maximum atomic E-state index is 15.0. The number of aromatic nitrogens is 3. The summed E-state index contributed by atoms with van der Waals surface area (Å²) in [6, 6.07) is 14.5. The van der Waals surface area contributed by atoms with E-state index in [-0.39, 0.29) is 17.6 Å². The first kappa shape index (κ1) is 29.0. The Balaban J connectivity index is 1.09. The molecule has 44 heavy (non-hydrogen) atoms. The highest BCUT2D eigenvalue weighted by atomic mass is 35.5. The first-order valence-electron chi connectivity index (χ1n) is 15.1. The van der Waals surface area contributed by atoms with E-state index in [0.717, 1.165) is 67.2 Å². The van der Waals surface area contributed by atoms with Gasteiger partial charge in [-0.1, -0.05) is 41.9 Å². The number of hydrogen-bond donors (Lipinski definition) is 0. The minimum absolute atomic E-state index is 0.116. The van der Waals surface area contributed by atoms with Crippen molar-refractivity contribution in [2.24, 2.45) is 0 Å². The molecule has 0 radical (unpaired) electrons. The van der Waals surface area contributed by atoms with Gasteiger partial charge in [0.05, 0.1) is 26.3 Å². The zero-order valence-corrected chi connectivity index (χ0v) is 25.5. The van der Waals surface area contributed by atoms with Gasteiger partial charge >= 0.3 is 5.97 Å². The number of carbonyl (C=O) groups excluding carboxylic acids is 1. The van der Waals surface area contributed by atoms with Crippen molar-refractivity contribution in [3.63, 3.8) is 0 Å². The molecule has 8 nitrogen and oxygen atoms in total. The zero-order chi connectivity index (χ0) is 30.4. The van der Waals surface area contributed by atoms with Crippen LogP contribution in [0.5, 0.6) is 5.75 Å². The van der Waals surface area contributed by atoms with E-state index in [1.165, 1.54) is 13.2 Å². The Hall–Kier alpha value is -3.79. The van der Waals surface area contributed by atoms with E-state index in [2.05, 4.69) is 26.6 Å². The smallest absolute Gasteiger partial charge is 0.356 e. The van der Waals surface area contributed by atoms with Crippen molar-refractivity contribution in [2.45, 2.75) is 56.9 Å². The van der Waals surface area contributed by atoms with Crippen LogP contribution in [-0.4, -0.2) is 58.3 Å². The number of halogens is 2. The quantitative estimate of drug-likeness (QED) is 0.219. The summed E-state index contributed by atoms with van der Waals surface area (Å²) < 4.78 is 34.3. The lowest BCUT2D eigenvalue weighted by molar-refractivity contribution is -0.0593. The number of benzene rings is 2. The number of methoxy groups -OCH3 is 1. The summed E-state index contributed by atoms with van der Waals surface area (Å²) in [5, 5.41) is 0.358. The molecule has 10 heteroatoms. The average molecular weight is 617 g/mol. The first-order valence-corrected chi connectivity index (χ1v) is 15.4. The Morgan fingerprint density at radius 1 is 1.14 bits per heavy atom. The normalized spacial score (nSPS) is 22.0. The number of piperidine rings is 1. The highest BCUT2D eigenvalue weighted by Gasteiger charge is 2.35. The predicted octanol–water partition coefficient (Wildman–Crippen LogP) is 6.50. The lowest BCUT2D eigenvalue weighted by Crippen LogP contribution is -2.36. The molecule has 228 valence electrons. The van der Waals surface area contributed by atoms with Crippen LogP contribution < -0.4 is 4.74 Å². The van der Waals surface area contributed by atoms with Gasteiger partial charge in [-0.2, -0.15) is 0 Å². The van der Waals surface area contributed by atoms with Crippen molar-refractivity contribution in [3.05, 3.63) is 93.7 Å². The van der Waals surface area contributed by atoms with E-state index in [4.69, 9.17) is 30.8 Å². The molecule has 0 aliphatic carbocycles. The van der Waals surface area contributed by atoms with E-state index in [0.29, 0.717) is 35.2 Å². The zero-order valence-electron chi connectivity index (χ0n) is 24.8. The number of carbonyl (C=O) groups is 1. The number of para-hydroxylation sites is 1. The summed E-state index contributed by atoms with van der Waals surface area (Å²) in [6.07, 6.45) is 6.95. The molecule has 5 heterocycles. The molecule has 4 aromatic rings. The van der Waals surface area contributed by atoms with Crippen LogP contribution in [0.1, 0.15) is 65.1 Å². The number of likely N-dealkylation sites (tertiary alicyclic amines) is 1. The van der Waals surface area contributed by atoms with Crippen LogP contribution in [-0.2, 0) is 28.2 Å². The third-order valence-corrected chi connectivity index (χ3v) is 9.31. The molecule has 2 atom stereocenters. The van der Waals surface area contributed by atoms with Gasteiger partial charge in [0.15, 0.2) is 16.9 Å². The monoisotopic (exact) mass is 616 g/mol. The van der Waals surface area contributed by atoms with Crippen molar-refractivity contribution >= 4 is 34.8 Å². The van der Waals surface area contributed by atoms with Crippen LogP contribution in [0.3, 0.4) is 0 Å². The second kappa shape index (κ2) is 11.6. The molecule has 0 bridgehead atoms. The Labute approximate surface area is 260 Å². The number of nitrogens with zero attached hydrogens (tertiary/aromatic N) is 4. The third-order valence-electron chi connectivity index (χ3n) is 9.07. The van der Waals surface area contributed by atoms with Crippen molar-refractivity contribution in [1.82, 2.24) is 19.4 Å². The fourth-order valence-corrected chi connectivity index (χ4v) is 6.65. The maximum absolute atomic E-state index is 15.0. The van der Waals surface area contributed by atoms with Crippen LogP contribution in [0.2, 0.25) is 5.02 Å². The highest BCUT2D eigenvalue weighted by molar-refractivity contribution is 6.30. The number of fused-ring (bicyclic) bond motifs is 2. The van der Waals surface area contributed by atoms with Gasteiger partial charge in [0.2, 0.25) is 0 Å². The second-order valence-corrected chi connectivity index (χ2v) is 12.4. The molecular weight excluding hydrogens is 583 g/mol. The predicted molar refractivity (Wildman–Crippen MR) is 165 cm³/mol. The van der Waals surface area contributed by atoms with Crippen LogP contribution in [0.25, 0.3) is 17.2 Å². The summed E-state index contributed by atoms with van der Waals surface area (Å²) in [4.78, 5) is 24.1. The number of imidazole rings is 1. The number of esters is 1. The van der Waals surface area contributed by atoms with E-state index in [1.807, 2.05) is 31.2 Å². The Kier molecular flexibility index (Phi) is 7.64. The molecule has 2 saturated heterocycles. The van der Waals surface area contributed by atoms with Crippen LogP contribution in [0, 0.1) is 5.82 Å². The third kappa shape index (κ3) is 5.38. The Bertz CT molecular complexity index is 1760. The Morgan fingerprint density at radius 2 is 1.95 bits per heavy atom. The van der Waals surface area contributed by atoms with Crippen molar-refractivity contribution in [3.8, 4) is 5.75 Å². The topological polar surface area (TPSA) is 78.7 Å². The van der Waals surface area contributed by atoms with Crippen molar-refractivity contribution in [2.75, 3.05) is 26.8 Å². The lowest BCUT2D eigenvalue weighted by Gasteiger charge is -2.37. The largest absolute Gasteiger partial charge is 0.478 e. The number of rotatable bonds is 7. The summed E-state index contributed by atoms with van der Waals surface area (Å²) in [5.74, 6) is 1.18. The molecule has 2 fully saturated rings. The van der Waals surface area contributed by atoms with Gasteiger partial charge in [-0.3, -0.25) is 4.90 Å². The number of pyridine rings is 1. The molecular formula is C34H34ClFN4O4. The van der Waals surface area contributed by atoms with Crippen molar-refractivity contribution in [1.29, 1.82) is 0 Å². The fraction of sp³-hybridized carbons (Fsp3) is 0.382. The standard InChI is InChI=1S/C34H34ClFN4O4/c1-34(26-7-6-23(35)18-27(26)36)14-10-22-4-3-5-25(31(22)44-34)21-11-15-39(16-12-21)20-30-37-28-8-9-29(33(41)42-2)38-32(28)40(30)19-24-13-17-43-24/h3-10,14,18,21,24H,11-13,15-17,19-20H2,1-2H3.